The molecule has 19 heavy (non-hydrogen) atoms. The summed E-state index contributed by atoms with van der Waals surface area (Å²) in [6.07, 6.45) is 1.98. The maximum Gasteiger partial charge on any atom is 0.251 e. The number of rotatable bonds is 7. The molecule has 0 unspecified atom stereocenters. The molecule has 1 amide bonds. The van der Waals surface area contributed by atoms with Crippen LogP contribution in [0, 0.1) is 0 Å². The first kappa shape index (κ1) is 15.6. The summed E-state index contributed by atoms with van der Waals surface area (Å²) in [4.78, 5) is 11.6. The van der Waals surface area contributed by atoms with E-state index in [1.807, 2.05) is 6.92 Å². The van der Waals surface area contributed by atoms with Gasteiger partial charge in [-0.1, -0.05) is 24.9 Å². The third-order valence-electron chi connectivity index (χ3n) is 2.54. The van der Waals surface area contributed by atoms with Gasteiger partial charge in [0, 0.05) is 12.6 Å². The lowest BCUT2D eigenvalue weighted by molar-refractivity contribution is 0.0962. The van der Waals surface area contributed by atoms with Crippen LogP contribution in [0.25, 0.3) is 0 Å². The number of nitrogens with one attached hydrogen (secondary N) is 1. The van der Waals surface area contributed by atoms with Crippen LogP contribution in [0.2, 0.25) is 5.02 Å². The smallest absolute Gasteiger partial charge is 0.251 e. The largest absolute Gasteiger partial charge is 0.490 e. The van der Waals surface area contributed by atoms with Crippen molar-refractivity contribution in [3.8, 4) is 11.5 Å². The molecule has 0 bridgehead atoms. The number of carbonyl (C=O) groups excluding carboxylic acids is 1. The van der Waals surface area contributed by atoms with Crippen molar-refractivity contribution in [3.05, 3.63) is 22.7 Å². The standard InChI is InChI=1S/C14H20ClNO3/c1-4-6-7-19-13-11(15)8-10(14(17)16-3)9-12(13)18-5-2/h8-9H,4-7H2,1-3H3,(H,16,17). The molecule has 1 N–H and O–H groups in total. The summed E-state index contributed by atoms with van der Waals surface area (Å²) in [5.74, 6) is 0.803. The van der Waals surface area contributed by atoms with E-state index in [0.717, 1.165) is 12.8 Å². The summed E-state index contributed by atoms with van der Waals surface area (Å²) in [5, 5.41) is 2.95. The molecular formula is C14H20ClNO3. The van der Waals surface area contributed by atoms with E-state index in [-0.39, 0.29) is 5.91 Å². The quantitative estimate of drug-likeness (QED) is 0.782. The highest BCUT2D eigenvalue weighted by Gasteiger charge is 2.15. The molecule has 4 nitrogen and oxygen atoms in total. The number of ether oxygens (including phenoxy) is 2. The van der Waals surface area contributed by atoms with E-state index in [9.17, 15) is 4.79 Å². The van der Waals surface area contributed by atoms with E-state index >= 15 is 0 Å². The first-order chi connectivity index (χ1) is 9.13. The second-order valence-corrected chi connectivity index (χ2v) is 4.41. The van der Waals surface area contributed by atoms with Crippen LogP contribution >= 0.6 is 11.6 Å². The summed E-state index contributed by atoms with van der Waals surface area (Å²) in [6, 6.07) is 3.24. The first-order valence-electron chi connectivity index (χ1n) is 6.45. The molecule has 0 fully saturated rings. The summed E-state index contributed by atoms with van der Waals surface area (Å²) >= 11 is 6.17. The Balaban J connectivity index is 3.04. The van der Waals surface area contributed by atoms with Gasteiger partial charge in [-0.25, -0.2) is 0 Å². The van der Waals surface area contributed by atoms with E-state index in [4.69, 9.17) is 21.1 Å². The molecule has 5 heteroatoms. The van der Waals surface area contributed by atoms with E-state index in [0.29, 0.717) is 35.3 Å². The number of carbonyl (C=O) groups is 1. The molecule has 0 saturated carbocycles. The Labute approximate surface area is 119 Å². The van der Waals surface area contributed by atoms with Gasteiger partial charge in [0.1, 0.15) is 0 Å². The summed E-state index contributed by atoms with van der Waals surface area (Å²) in [6.45, 7) is 5.02. The van der Waals surface area contributed by atoms with E-state index in [1.165, 1.54) is 0 Å². The number of unbranched alkanes of at least 4 members (excludes halogenated alkanes) is 1. The Hall–Kier alpha value is -1.42. The minimum absolute atomic E-state index is 0.206. The summed E-state index contributed by atoms with van der Waals surface area (Å²) in [5.41, 5.74) is 0.457. The average molecular weight is 286 g/mol. The van der Waals surface area contributed by atoms with E-state index in [2.05, 4.69) is 12.2 Å². The summed E-state index contributed by atoms with van der Waals surface area (Å²) < 4.78 is 11.1. The van der Waals surface area contributed by atoms with Crippen LogP contribution in [0.4, 0.5) is 0 Å². The molecule has 0 atom stereocenters. The van der Waals surface area contributed by atoms with Crippen molar-refractivity contribution in [1.82, 2.24) is 5.32 Å². The maximum atomic E-state index is 11.6. The third kappa shape index (κ3) is 4.31. The molecule has 1 rings (SSSR count). The van der Waals surface area contributed by atoms with Gasteiger partial charge in [0.15, 0.2) is 11.5 Å². The number of benzene rings is 1. The van der Waals surface area contributed by atoms with Gasteiger partial charge >= 0.3 is 0 Å². The molecule has 0 spiro atoms. The topological polar surface area (TPSA) is 47.6 Å². The molecule has 1 aromatic rings. The zero-order chi connectivity index (χ0) is 14.3. The van der Waals surface area contributed by atoms with Crippen LogP contribution in [0.15, 0.2) is 12.1 Å². The van der Waals surface area contributed by atoms with Crippen molar-refractivity contribution >= 4 is 17.5 Å². The fourth-order valence-corrected chi connectivity index (χ4v) is 1.83. The second-order valence-electron chi connectivity index (χ2n) is 4.00. The van der Waals surface area contributed by atoms with Crippen molar-refractivity contribution < 1.29 is 14.3 Å². The van der Waals surface area contributed by atoms with Gasteiger partial charge in [-0.15, -0.1) is 0 Å². The highest BCUT2D eigenvalue weighted by atomic mass is 35.5. The third-order valence-corrected chi connectivity index (χ3v) is 2.82. The van der Waals surface area contributed by atoms with Gasteiger partial charge in [-0.05, 0) is 25.5 Å². The van der Waals surface area contributed by atoms with Crippen molar-refractivity contribution in [2.45, 2.75) is 26.7 Å². The fourth-order valence-electron chi connectivity index (χ4n) is 1.57. The van der Waals surface area contributed by atoms with Crippen LogP contribution in [-0.4, -0.2) is 26.2 Å². The second kappa shape index (κ2) is 7.89. The fraction of sp³-hybridized carbons (Fsp3) is 0.500. The van der Waals surface area contributed by atoms with Crippen molar-refractivity contribution in [2.75, 3.05) is 20.3 Å². The first-order valence-corrected chi connectivity index (χ1v) is 6.83. The molecular weight excluding hydrogens is 266 g/mol. The maximum absolute atomic E-state index is 11.6. The lowest BCUT2D eigenvalue weighted by atomic mass is 10.2. The van der Waals surface area contributed by atoms with Crippen molar-refractivity contribution in [1.29, 1.82) is 0 Å². The van der Waals surface area contributed by atoms with E-state index < -0.39 is 0 Å². The molecule has 106 valence electrons. The zero-order valence-corrected chi connectivity index (χ0v) is 12.3. The minimum atomic E-state index is -0.206. The Morgan fingerprint density at radius 2 is 2.05 bits per heavy atom. The lowest BCUT2D eigenvalue weighted by Gasteiger charge is -2.14. The Kier molecular flexibility index (Phi) is 6.50. The Bertz CT molecular complexity index is 435. The van der Waals surface area contributed by atoms with Crippen molar-refractivity contribution in [2.24, 2.45) is 0 Å². The van der Waals surface area contributed by atoms with Crippen LogP contribution in [0.3, 0.4) is 0 Å². The minimum Gasteiger partial charge on any atom is -0.490 e. The molecule has 1 aromatic carbocycles. The Morgan fingerprint density at radius 3 is 2.63 bits per heavy atom. The van der Waals surface area contributed by atoms with Gasteiger partial charge in [0.05, 0.1) is 18.2 Å². The molecule has 0 aliphatic heterocycles. The molecule has 0 aliphatic rings. The molecule has 0 aliphatic carbocycles. The predicted molar refractivity (Wildman–Crippen MR) is 76.4 cm³/mol. The van der Waals surface area contributed by atoms with Gasteiger partial charge in [0.25, 0.3) is 5.91 Å². The van der Waals surface area contributed by atoms with Gasteiger partial charge < -0.3 is 14.8 Å². The van der Waals surface area contributed by atoms with Crippen LogP contribution in [0.5, 0.6) is 11.5 Å². The van der Waals surface area contributed by atoms with Gasteiger partial charge in [-0.2, -0.15) is 0 Å². The van der Waals surface area contributed by atoms with E-state index in [1.54, 1.807) is 19.2 Å². The van der Waals surface area contributed by atoms with Crippen molar-refractivity contribution in [3.63, 3.8) is 0 Å². The molecule has 0 radical (unpaired) electrons. The molecule has 0 saturated heterocycles. The van der Waals surface area contributed by atoms with Crippen LogP contribution in [0.1, 0.15) is 37.0 Å². The molecule has 0 aromatic heterocycles. The number of hydrogen-bond donors (Lipinski definition) is 1. The SMILES string of the molecule is CCCCOc1c(Cl)cc(C(=O)NC)cc1OCC. The monoisotopic (exact) mass is 285 g/mol. The van der Waals surface area contributed by atoms with Gasteiger partial charge in [-0.3, -0.25) is 4.79 Å². The summed E-state index contributed by atoms with van der Waals surface area (Å²) in [7, 11) is 1.57. The highest BCUT2D eigenvalue weighted by Crippen LogP contribution is 2.36. The predicted octanol–water partition coefficient (Wildman–Crippen LogP) is 3.28. The molecule has 0 heterocycles. The highest BCUT2D eigenvalue weighted by molar-refractivity contribution is 6.32. The zero-order valence-electron chi connectivity index (χ0n) is 11.6. The number of hydrogen-bond acceptors (Lipinski definition) is 3. The number of halogens is 1. The van der Waals surface area contributed by atoms with Gasteiger partial charge in [0.2, 0.25) is 0 Å². The number of amides is 1. The van der Waals surface area contributed by atoms with Crippen LogP contribution in [-0.2, 0) is 0 Å². The average Bonchev–Trinajstić information content (AvgIpc) is 2.40. The Morgan fingerprint density at radius 1 is 1.32 bits per heavy atom. The van der Waals surface area contributed by atoms with Crippen LogP contribution < -0.4 is 14.8 Å². The lowest BCUT2D eigenvalue weighted by Crippen LogP contribution is -2.18. The normalized spacial score (nSPS) is 10.1.